The molecule has 21 heavy (non-hydrogen) atoms. The molecule has 1 heterocycles. The number of benzene rings is 1. The monoisotopic (exact) mass is 309 g/mol. The fraction of sp³-hybridized carbons (Fsp3) is 0.588. The third-order valence-corrected chi connectivity index (χ3v) is 4.65. The smallest absolute Gasteiger partial charge is 0.176 e. The molecule has 0 aliphatic carbocycles. The van der Waals surface area contributed by atoms with Crippen LogP contribution in [-0.2, 0) is 0 Å². The summed E-state index contributed by atoms with van der Waals surface area (Å²) in [6.07, 6.45) is 4.92. The molecule has 1 saturated heterocycles. The summed E-state index contributed by atoms with van der Waals surface area (Å²) in [7, 11) is 1.57. The predicted molar refractivity (Wildman–Crippen MR) is 86.4 cm³/mol. The van der Waals surface area contributed by atoms with E-state index < -0.39 is 0 Å². The maximum absolute atomic E-state index is 12.4. The second-order valence-electron chi connectivity index (χ2n) is 5.75. The number of nitrogens with zero attached hydrogens (tertiary/aromatic N) is 1. The number of methoxy groups -OCH3 is 1. The van der Waals surface area contributed by atoms with Crippen molar-refractivity contribution in [2.45, 2.75) is 32.6 Å². The highest BCUT2D eigenvalue weighted by molar-refractivity contribution is 6.32. The number of rotatable bonds is 5. The normalized spacial score (nSPS) is 20.0. The van der Waals surface area contributed by atoms with Crippen LogP contribution in [0.2, 0.25) is 5.02 Å². The standard InChI is InChI=1S/C17H24ClNO2/c1-3-13-5-4-9-19(10-8-13)12-16(20)14-6-7-17(21-2)15(18)11-14/h6-7,11,13H,3-5,8-10,12H2,1-2H3. The first-order valence-corrected chi connectivity index (χ1v) is 8.11. The quantitative estimate of drug-likeness (QED) is 0.769. The molecule has 3 nitrogen and oxygen atoms in total. The van der Waals surface area contributed by atoms with Gasteiger partial charge in [0.05, 0.1) is 18.7 Å². The highest BCUT2D eigenvalue weighted by Gasteiger charge is 2.18. The van der Waals surface area contributed by atoms with Crippen LogP contribution in [0.1, 0.15) is 43.0 Å². The van der Waals surface area contributed by atoms with Crippen LogP contribution in [0.25, 0.3) is 0 Å². The molecular formula is C17H24ClNO2. The van der Waals surface area contributed by atoms with E-state index in [9.17, 15) is 4.79 Å². The minimum Gasteiger partial charge on any atom is -0.495 e. The Morgan fingerprint density at radius 2 is 2.19 bits per heavy atom. The van der Waals surface area contributed by atoms with Crippen LogP contribution in [0.3, 0.4) is 0 Å². The van der Waals surface area contributed by atoms with E-state index in [0.717, 1.165) is 19.0 Å². The van der Waals surface area contributed by atoms with Gasteiger partial charge in [-0.15, -0.1) is 0 Å². The lowest BCUT2D eigenvalue weighted by Gasteiger charge is -2.19. The van der Waals surface area contributed by atoms with Crippen molar-refractivity contribution in [3.05, 3.63) is 28.8 Å². The minimum absolute atomic E-state index is 0.134. The summed E-state index contributed by atoms with van der Waals surface area (Å²) in [6, 6.07) is 5.25. The molecule has 0 saturated carbocycles. The van der Waals surface area contributed by atoms with E-state index >= 15 is 0 Å². The van der Waals surface area contributed by atoms with Crippen LogP contribution in [-0.4, -0.2) is 37.4 Å². The molecule has 1 aromatic carbocycles. The number of carbonyl (C=O) groups is 1. The van der Waals surface area contributed by atoms with Crippen LogP contribution in [0.4, 0.5) is 0 Å². The lowest BCUT2D eigenvalue weighted by molar-refractivity contribution is 0.0932. The van der Waals surface area contributed by atoms with E-state index in [1.165, 1.54) is 25.7 Å². The van der Waals surface area contributed by atoms with E-state index in [1.807, 2.05) is 0 Å². The molecular weight excluding hydrogens is 286 g/mol. The van der Waals surface area contributed by atoms with Crippen molar-refractivity contribution >= 4 is 17.4 Å². The zero-order chi connectivity index (χ0) is 15.2. The van der Waals surface area contributed by atoms with Gasteiger partial charge in [0, 0.05) is 5.56 Å². The molecule has 2 rings (SSSR count). The SMILES string of the molecule is CCC1CCCN(CC(=O)c2ccc(OC)c(Cl)c2)CC1. The molecule has 1 unspecified atom stereocenters. The molecule has 0 amide bonds. The molecule has 0 bridgehead atoms. The maximum atomic E-state index is 12.4. The maximum Gasteiger partial charge on any atom is 0.176 e. The molecule has 116 valence electrons. The van der Waals surface area contributed by atoms with Crippen LogP contribution < -0.4 is 4.74 Å². The van der Waals surface area contributed by atoms with Crippen LogP contribution in [0.5, 0.6) is 5.75 Å². The Labute approximate surface area is 132 Å². The lowest BCUT2D eigenvalue weighted by atomic mass is 9.98. The van der Waals surface area contributed by atoms with Gasteiger partial charge < -0.3 is 4.74 Å². The third-order valence-electron chi connectivity index (χ3n) is 4.36. The average Bonchev–Trinajstić information content (AvgIpc) is 2.72. The zero-order valence-electron chi connectivity index (χ0n) is 12.9. The first-order valence-electron chi connectivity index (χ1n) is 7.73. The van der Waals surface area contributed by atoms with Gasteiger partial charge in [-0.25, -0.2) is 0 Å². The van der Waals surface area contributed by atoms with Gasteiger partial charge in [0.15, 0.2) is 5.78 Å². The second kappa shape index (κ2) is 7.81. The number of halogens is 1. The summed E-state index contributed by atoms with van der Waals surface area (Å²) in [4.78, 5) is 14.7. The van der Waals surface area contributed by atoms with Gasteiger partial charge in [0.1, 0.15) is 5.75 Å². The molecule has 0 spiro atoms. The van der Waals surface area contributed by atoms with Crippen LogP contribution in [0, 0.1) is 5.92 Å². The van der Waals surface area contributed by atoms with Crippen molar-refractivity contribution in [2.24, 2.45) is 5.92 Å². The predicted octanol–water partition coefficient (Wildman–Crippen LogP) is 4.04. The number of ether oxygens (including phenoxy) is 1. The lowest BCUT2D eigenvalue weighted by Crippen LogP contribution is -2.31. The van der Waals surface area contributed by atoms with Crippen molar-refractivity contribution < 1.29 is 9.53 Å². The molecule has 1 atom stereocenters. The summed E-state index contributed by atoms with van der Waals surface area (Å²) < 4.78 is 5.12. The van der Waals surface area contributed by atoms with Crippen molar-refractivity contribution in [2.75, 3.05) is 26.7 Å². The van der Waals surface area contributed by atoms with Gasteiger partial charge in [-0.3, -0.25) is 9.69 Å². The highest BCUT2D eigenvalue weighted by atomic mass is 35.5. The van der Waals surface area contributed by atoms with Gasteiger partial charge in [-0.1, -0.05) is 24.9 Å². The van der Waals surface area contributed by atoms with Gasteiger partial charge in [-0.2, -0.15) is 0 Å². The number of likely N-dealkylation sites (tertiary alicyclic amines) is 1. The highest BCUT2D eigenvalue weighted by Crippen LogP contribution is 2.25. The molecule has 0 radical (unpaired) electrons. The Kier molecular flexibility index (Phi) is 6.07. The zero-order valence-corrected chi connectivity index (χ0v) is 13.7. The first-order chi connectivity index (χ1) is 10.1. The van der Waals surface area contributed by atoms with Crippen molar-refractivity contribution in [1.29, 1.82) is 0 Å². The largest absolute Gasteiger partial charge is 0.495 e. The van der Waals surface area contributed by atoms with Crippen molar-refractivity contribution in [3.63, 3.8) is 0 Å². The number of hydrogen-bond acceptors (Lipinski definition) is 3. The topological polar surface area (TPSA) is 29.5 Å². The first kappa shape index (κ1) is 16.3. The Morgan fingerprint density at radius 3 is 2.86 bits per heavy atom. The summed E-state index contributed by atoms with van der Waals surface area (Å²) in [5.41, 5.74) is 0.664. The van der Waals surface area contributed by atoms with Gasteiger partial charge in [-0.05, 0) is 56.5 Å². The van der Waals surface area contributed by atoms with E-state index in [2.05, 4.69) is 11.8 Å². The van der Waals surface area contributed by atoms with Crippen molar-refractivity contribution in [1.82, 2.24) is 4.90 Å². The summed E-state index contributed by atoms with van der Waals surface area (Å²) >= 11 is 6.09. The van der Waals surface area contributed by atoms with Crippen LogP contribution in [0.15, 0.2) is 18.2 Å². The number of carbonyl (C=O) groups excluding carboxylic acids is 1. The second-order valence-corrected chi connectivity index (χ2v) is 6.16. The van der Waals surface area contributed by atoms with Crippen LogP contribution >= 0.6 is 11.6 Å². The summed E-state index contributed by atoms with van der Waals surface area (Å²) in [5, 5.41) is 0.491. The van der Waals surface area contributed by atoms with Crippen molar-refractivity contribution in [3.8, 4) is 5.75 Å². The Morgan fingerprint density at radius 1 is 1.38 bits per heavy atom. The Balaban J connectivity index is 1.96. The summed E-state index contributed by atoms with van der Waals surface area (Å²) in [6.45, 7) is 4.78. The van der Waals surface area contributed by atoms with E-state index in [1.54, 1.807) is 25.3 Å². The molecule has 1 fully saturated rings. The van der Waals surface area contributed by atoms with Gasteiger partial charge in [0.25, 0.3) is 0 Å². The average molecular weight is 310 g/mol. The molecule has 0 aromatic heterocycles. The van der Waals surface area contributed by atoms with E-state index in [0.29, 0.717) is 22.9 Å². The van der Waals surface area contributed by atoms with E-state index in [-0.39, 0.29) is 5.78 Å². The fourth-order valence-corrected chi connectivity index (χ4v) is 3.18. The Hall–Kier alpha value is -1.06. The number of ketones is 1. The molecule has 4 heteroatoms. The van der Waals surface area contributed by atoms with E-state index in [4.69, 9.17) is 16.3 Å². The molecule has 0 N–H and O–H groups in total. The number of Topliss-reactive ketones (excluding diaryl/α,β-unsaturated/α-hetero) is 1. The fourth-order valence-electron chi connectivity index (χ4n) is 2.93. The summed E-state index contributed by atoms with van der Waals surface area (Å²) in [5.74, 6) is 1.56. The van der Waals surface area contributed by atoms with Gasteiger partial charge in [0.2, 0.25) is 0 Å². The minimum atomic E-state index is 0.134. The van der Waals surface area contributed by atoms with Gasteiger partial charge >= 0.3 is 0 Å². The molecule has 1 aliphatic heterocycles. The third kappa shape index (κ3) is 4.45. The molecule has 1 aliphatic rings. The Bertz CT molecular complexity index is 490. The number of hydrogen-bond donors (Lipinski definition) is 0. The molecule has 1 aromatic rings.